The second-order valence-electron chi connectivity index (χ2n) is 9.57. The van der Waals surface area contributed by atoms with Crippen molar-refractivity contribution in [3.8, 4) is 0 Å². The van der Waals surface area contributed by atoms with Crippen molar-refractivity contribution in [1.29, 1.82) is 0 Å². The predicted octanol–water partition coefficient (Wildman–Crippen LogP) is 4.21. The average molecular weight is 560 g/mol. The largest absolute Gasteiger partial charge is 0.384 e. The number of benzene rings is 1. The Morgan fingerprint density at radius 1 is 1.23 bits per heavy atom. The Hall–Kier alpha value is -2.17. The second kappa shape index (κ2) is 10.4. The molecule has 1 saturated heterocycles. The first-order valence-electron chi connectivity index (χ1n) is 12.3. The normalized spacial score (nSPS) is 17.5. The molecule has 10 heteroatoms. The molecule has 0 bridgehead atoms. The van der Waals surface area contributed by atoms with Crippen LogP contribution in [0.15, 0.2) is 33.0 Å². The number of likely N-dealkylation sites (tertiary alicyclic amines) is 1. The Bertz CT molecular complexity index is 1240. The summed E-state index contributed by atoms with van der Waals surface area (Å²) in [5.41, 5.74) is 10.4. The van der Waals surface area contributed by atoms with E-state index in [-0.39, 0.29) is 5.91 Å². The number of carbonyl (C=O) groups is 1. The number of hydrogen-bond donors (Lipinski definition) is 2. The molecule has 1 atom stereocenters. The van der Waals surface area contributed by atoms with Crippen LogP contribution in [0.1, 0.15) is 50.2 Å². The Morgan fingerprint density at radius 2 is 1.94 bits per heavy atom. The highest BCUT2D eigenvalue weighted by Gasteiger charge is 2.26. The van der Waals surface area contributed by atoms with Crippen molar-refractivity contribution < 1.29 is 9.90 Å². The van der Waals surface area contributed by atoms with Crippen LogP contribution < -0.4 is 5.73 Å². The highest BCUT2D eigenvalue weighted by Crippen LogP contribution is 2.38. The lowest BCUT2D eigenvalue weighted by atomic mass is 9.92. The van der Waals surface area contributed by atoms with E-state index < -0.39 is 6.10 Å². The molecule has 186 valence electrons. The van der Waals surface area contributed by atoms with E-state index in [2.05, 4.69) is 42.6 Å². The summed E-state index contributed by atoms with van der Waals surface area (Å²) in [5, 5.41) is 10.5. The molecule has 3 aromatic rings. The topological polar surface area (TPSA) is 110 Å². The van der Waals surface area contributed by atoms with E-state index >= 15 is 0 Å². The standard InChI is InChI=1S/C25H31BrN6O2S/c1-15(33)24(34)31-9-6-16(7-10-31)8-11-32-23-21(22(27)28-14-29-23)30-25(32)35-20-13-18-5-3-2-4-17(18)12-19(20)26/h12-16,33H,2-11H2,1H3,(H2,27,28,29)/t15-/m0/s1. The number of nitrogens with two attached hydrogens (primary N) is 1. The van der Waals surface area contributed by atoms with Crippen LogP contribution in [0.4, 0.5) is 5.82 Å². The smallest absolute Gasteiger partial charge is 0.251 e. The molecule has 1 aromatic carbocycles. The summed E-state index contributed by atoms with van der Waals surface area (Å²) in [7, 11) is 0. The van der Waals surface area contributed by atoms with E-state index in [1.165, 1.54) is 37.2 Å². The zero-order valence-corrected chi connectivity index (χ0v) is 22.3. The number of carbonyl (C=O) groups excluding carboxylic acids is 1. The summed E-state index contributed by atoms with van der Waals surface area (Å²) in [6.45, 7) is 3.69. The van der Waals surface area contributed by atoms with Gasteiger partial charge in [0, 0.05) is 29.0 Å². The fourth-order valence-electron chi connectivity index (χ4n) is 5.14. The number of hydrogen-bond acceptors (Lipinski definition) is 7. The Kier molecular flexibility index (Phi) is 7.31. The minimum absolute atomic E-state index is 0.175. The first-order chi connectivity index (χ1) is 16.9. The minimum Gasteiger partial charge on any atom is -0.384 e. The summed E-state index contributed by atoms with van der Waals surface area (Å²) in [4.78, 5) is 28.5. The molecule has 3 N–H and O–H groups in total. The molecular formula is C25H31BrN6O2S. The van der Waals surface area contributed by atoms with Gasteiger partial charge in [-0.05, 0) is 97.0 Å². The lowest BCUT2D eigenvalue weighted by molar-refractivity contribution is -0.140. The Balaban J connectivity index is 1.36. The number of aliphatic hydroxyl groups excluding tert-OH is 1. The SMILES string of the molecule is C[C@H](O)C(=O)N1CCC(CCn2c(Sc3cc4c(cc3Br)CCCC4)nc3c(N)ncnc32)CC1. The molecule has 1 aliphatic heterocycles. The number of imidazole rings is 1. The summed E-state index contributed by atoms with van der Waals surface area (Å²) in [6.07, 6.45) is 8.16. The predicted molar refractivity (Wildman–Crippen MR) is 140 cm³/mol. The van der Waals surface area contributed by atoms with E-state index in [9.17, 15) is 9.90 Å². The lowest BCUT2D eigenvalue weighted by Crippen LogP contribution is -2.43. The van der Waals surface area contributed by atoms with Gasteiger partial charge in [0.25, 0.3) is 5.91 Å². The van der Waals surface area contributed by atoms with Crippen molar-refractivity contribution in [3.05, 3.63) is 34.1 Å². The van der Waals surface area contributed by atoms with E-state index in [1.807, 2.05) is 0 Å². The van der Waals surface area contributed by atoms with Gasteiger partial charge in [0.15, 0.2) is 22.1 Å². The zero-order valence-electron chi connectivity index (χ0n) is 19.9. The molecule has 2 aliphatic rings. The van der Waals surface area contributed by atoms with Gasteiger partial charge in [0.05, 0.1) is 0 Å². The first-order valence-corrected chi connectivity index (χ1v) is 13.9. The van der Waals surface area contributed by atoms with Crippen molar-refractivity contribution in [2.75, 3.05) is 18.8 Å². The molecule has 1 amide bonds. The number of nitrogen functional groups attached to an aromatic ring is 1. The third-order valence-electron chi connectivity index (χ3n) is 7.17. The zero-order chi connectivity index (χ0) is 24.5. The molecule has 3 heterocycles. The summed E-state index contributed by atoms with van der Waals surface area (Å²) < 4.78 is 3.26. The monoisotopic (exact) mass is 558 g/mol. The lowest BCUT2D eigenvalue weighted by Gasteiger charge is -2.32. The van der Waals surface area contributed by atoms with Crippen molar-refractivity contribution in [2.45, 2.75) is 74.6 Å². The molecule has 2 aromatic heterocycles. The maximum absolute atomic E-state index is 12.1. The molecule has 0 unspecified atom stereocenters. The highest BCUT2D eigenvalue weighted by atomic mass is 79.9. The molecule has 0 saturated carbocycles. The minimum atomic E-state index is -0.934. The van der Waals surface area contributed by atoms with E-state index in [0.29, 0.717) is 30.3 Å². The molecule has 8 nitrogen and oxygen atoms in total. The van der Waals surface area contributed by atoms with Crippen LogP contribution in [-0.2, 0) is 24.2 Å². The van der Waals surface area contributed by atoms with E-state index in [4.69, 9.17) is 10.7 Å². The van der Waals surface area contributed by atoms with Crippen LogP contribution in [0.25, 0.3) is 11.2 Å². The summed E-state index contributed by atoms with van der Waals surface area (Å²) in [5.74, 6) is 0.716. The fourth-order valence-corrected chi connectivity index (χ4v) is 6.75. The molecule has 0 spiro atoms. The maximum Gasteiger partial charge on any atom is 0.251 e. The molecule has 1 fully saturated rings. The van der Waals surface area contributed by atoms with Gasteiger partial charge in [-0.2, -0.15) is 0 Å². The van der Waals surface area contributed by atoms with Crippen molar-refractivity contribution in [2.24, 2.45) is 5.92 Å². The molecule has 0 radical (unpaired) electrons. The van der Waals surface area contributed by atoms with Gasteiger partial charge in [-0.15, -0.1) is 0 Å². The second-order valence-corrected chi connectivity index (χ2v) is 11.4. The molecular weight excluding hydrogens is 528 g/mol. The Morgan fingerprint density at radius 3 is 2.66 bits per heavy atom. The van der Waals surface area contributed by atoms with Crippen LogP contribution in [-0.4, -0.2) is 54.6 Å². The van der Waals surface area contributed by atoms with Crippen LogP contribution in [0, 0.1) is 5.92 Å². The summed E-state index contributed by atoms with van der Waals surface area (Å²) in [6, 6.07) is 4.57. The highest BCUT2D eigenvalue weighted by molar-refractivity contribution is 9.10. The van der Waals surface area contributed by atoms with Crippen molar-refractivity contribution in [3.63, 3.8) is 0 Å². The number of amides is 1. The number of halogens is 1. The van der Waals surface area contributed by atoms with E-state index in [0.717, 1.165) is 58.8 Å². The summed E-state index contributed by atoms with van der Waals surface area (Å²) >= 11 is 5.43. The number of nitrogens with zero attached hydrogens (tertiary/aromatic N) is 5. The number of aliphatic hydroxyl groups is 1. The van der Waals surface area contributed by atoms with Crippen LogP contribution in [0.2, 0.25) is 0 Å². The number of aryl methyl sites for hydroxylation is 3. The van der Waals surface area contributed by atoms with Gasteiger partial charge in [0.2, 0.25) is 0 Å². The van der Waals surface area contributed by atoms with Crippen LogP contribution >= 0.6 is 27.7 Å². The first kappa shape index (κ1) is 24.5. The number of rotatable bonds is 6. The van der Waals surface area contributed by atoms with E-state index in [1.54, 1.807) is 16.7 Å². The molecule has 35 heavy (non-hydrogen) atoms. The number of piperidine rings is 1. The number of aromatic nitrogens is 4. The van der Waals surface area contributed by atoms with Gasteiger partial charge in [-0.1, -0.05) is 11.8 Å². The third-order valence-corrected chi connectivity index (χ3v) is 9.14. The maximum atomic E-state index is 12.1. The molecule has 5 rings (SSSR count). The van der Waals surface area contributed by atoms with Gasteiger partial charge >= 0.3 is 0 Å². The quantitative estimate of drug-likeness (QED) is 0.466. The van der Waals surface area contributed by atoms with Crippen molar-refractivity contribution in [1.82, 2.24) is 24.4 Å². The average Bonchev–Trinajstić information content (AvgIpc) is 3.21. The fraction of sp³-hybridized carbons (Fsp3) is 0.520. The Labute approximate surface area is 217 Å². The third kappa shape index (κ3) is 5.20. The molecule has 1 aliphatic carbocycles. The number of anilines is 1. The number of fused-ring (bicyclic) bond motifs is 2. The van der Waals surface area contributed by atoms with Crippen molar-refractivity contribution >= 4 is 50.6 Å². The van der Waals surface area contributed by atoms with Crippen LogP contribution in [0.3, 0.4) is 0 Å². The van der Waals surface area contributed by atoms with Gasteiger partial charge in [-0.3, -0.25) is 4.79 Å². The van der Waals surface area contributed by atoms with Gasteiger partial charge in [-0.25, -0.2) is 15.0 Å². The van der Waals surface area contributed by atoms with Crippen LogP contribution in [0.5, 0.6) is 0 Å². The van der Waals surface area contributed by atoms with Gasteiger partial charge in [0.1, 0.15) is 12.4 Å². The van der Waals surface area contributed by atoms with Gasteiger partial charge < -0.3 is 20.3 Å².